The zero-order valence-electron chi connectivity index (χ0n) is 15.5. The van der Waals surface area contributed by atoms with Crippen LogP contribution in [0.3, 0.4) is 0 Å². The zero-order valence-corrected chi connectivity index (χ0v) is 15.5. The van der Waals surface area contributed by atoms with Crippen molar-refractivity contribution in [3.8, 4) is 0 Å². The Labute approximate surface area is 155 Å². The van der Waals surface area contributed by atoms with Crippen molar-refractivity contribution in [1.82, 2.24) is 0 Å². The Morgan fingerprint density at radius 1 is 1.35 bits per heavy atom. The molecular weight excluding hydrogens is 324 g/mol. The topological polar surface area (TPSA) is 58.2 Å². The van der Waals surface area contributed by atoms with Crippen molar-refractivity contribution in [1.29, 1.82) is 0 Å². The second-order valence-corrected chi connectivity index (χ2v) is 7.12. The highest BCUT2D eigenvalue weighted by molar-refractivity contribution is 6.07. The average Bonchev–Trinajstić information content (AvgIpc) is 3.42. The number of anilines is 2. The highest BCUT2D eigenvalue weighted by atomic mass is 16.2. The molecule has 2 N–H and O–H groups in total. The summed E-state index contributed by atoms with van der Waals surface area (Å²) in [4.78, 5) is 24.5. The van der Waals surface area contributed by atoms with Crippen molar-refractivity contribution < 1.29 is 9.59 Å². The van der Waals surface area contributed by atoms with Crippen LogP contribution >= 0.6 is 0 Å². The fourth-order valence-corrected chi connectivity index (χ4v) is 3.39. The maximum atomic E-state index is 12.9. The Kier molecular flexibility index (Phi) is 5.40. The third-order valence-corrected chi connectivity index (χ3v) is 4.94. The maximum absolute atomic E-state index is 12.9. The van der Waals surface area contributed by atoms with Gasteiger partial charge in [0.05, 0.1) is 0 Å². The Balaban J connectivity index is 1.85. The Morgan fingerprint density at radius 2 is 2.12 bits per heavy atom. The number of nitrogens with one attached hydrogen (secondary N) is 2. The molecule has 1 aliphatic carbocycles. The lowest BCUT2D eigenvalue weighted by molar-refractivity contribution is -0.116. The quantitative estimate of drug-likeness (QED) is 0.578. The van der Waals surface area contributed by atoms with Crippen LogP contribution in [-0.2, 0) is 16.0 Å². The summed E-state index contributed by atoms with van der Waals surface area (Å²) >= 11 is 0. The SMILES string of the molecule is C=C/C(CC1CC1)=C(\C=C/C)C(=O)Nc1cc(C)c2c(c1)CCC(=O)N2. The molecule has 136 valence electrons. The minimum atomic E-state index is -0.113. The molecule has 0 saturated heterocycles. The van der Waals surface area contributed by atoms with Crippen molar-refractivity contribution >= 4 is 23.2 Å². The van der Waals surface area contributed by atoms with Gasteiger partial charge >= 0.3 is 0 Å². The first-order valence-electron chi connectivity index (χ1n) is 9.24. The van der Waals surface area contributed by atoms with Gasteiger partial charge in [-0.25, -0.2) is 0 Å². The normalized spacial score (nSPS) is 17.4. The molecule has 4 nitrogen and oxygen atoms in total. The highest BCUT2D eigenvalue weighted by Gasteiger charge is 2.24. The van der Waals surface area contributed by atoms with Crippen molar-refractivity contribution in [2.24, 2.45) is 5.92 Å². The Morgan fingerprint density at radius 3 is 2.77 bits per heavy atom. The number of benzene rings is 1. The van der Waals surface area contributed by atoms with Crippen LogP contribution in [-0.4, -0.2) is 11.8 Å². The van der Waals surface area contributed by atoms with Gasteiger partial charge in [-0.1, -0.05) is 24.8 Å². The van der Waals surface area contributed by atoms with Gasteiger partial charge in [-0.05, 0) is 74.3 Å². The minimum absolute atomic E-state index is 0.0476. The molecule has 0 unspecified atom stereocenters. The molecule has 0 bridgehead atoms. The molecule has 0 spiro atoms. The lowest BCUT2D eigenvalue weighted by Crippen LogP contribution is -2.21. The number of aryl methyl sites for hydroxylation is 2. The van der Waals surface area contributed by atoms with E-state index in [1.807, 2.05) is 38.1 Å². The second kappa shape index (κ2) is 7.73. The van der Waals surface area contributed by atoms with Gasteiger partial charge in [-0.2, -0.15) is 0 Å². The maximum Gasteiger partial charge on any atom is 0.255 e. The second-order valence-electron chi connectivity index (χ2n) is 7.12. The molecule has 4 heteroatoms. The van der Waals surface area contributed by atoms with E-state index in [1.54, 1.807) is 6.08 Å². The Bertz CT molecular complexity index is 814. The number of carbonyl (C=O) groups excluding carboxylic acids is 2. The molecule has 1 aromatic carbocycles. The van der Waals surface area contributed by atoms with Crippen molar-refractivity contribution in [3.63, 3.8) is 0 Å². The zero-order chi connectivity index (χ0) is 18.7. The molecular formula is C22H26N2O2. The first kappa shape index (κ1) is 18.2. The molecule has 2 aliphatic rings. The number of amides is 2. The number of hydrogen-bond donors (Lipinski definition) is 2. The fourth-order valence-electron chi connectivity index (χ4n) is 3.39. The largest absolute Gasteiger partial charge is 0.326 e. The van der Waals surface area contributed by atoms with Crippen LogP contribution in [0.4, 0.5) is 11.4 Å². The summed E-state index contributed by atoms with van der Waals surface area (Å²) < 4.78 is 0. The van der Waals surface area contributed by atoms with E-state index in [-0.39, 0.29) is 11.8 Å². The molecule has 1 saturated carbocycles. The molecule has 3 rings (SSSR count). The van der Waals surface area contributed by atoms with E-state index in [0.29, 0.717) is 24.3 Å². The van der Waals surface area contributed by atoms with Gasteiger partial charge in [0.2, 0.25) is 5.91 Å². The summed E-state index contributed by atoms with van der Waals surface area (Å²) in [5, 5.41) is 5.95. The molecule has 1 fully saturated rings. The van der Waals surface area contributed by atoms with Gasteiger partial charge in [0.15, 0.2) is 0 Å². The van der Waals surface area contributed by atoms with Gasteiger partial charge < -0.3 is 10.6 Å². The monoisotopic (exact) mass is 350 g/mol. The van der Waals surface area contributed by atoms with E-state index in [1.165, 1.54) is 12.8 Å². The number of hydrogen-bond acceptors (Lipinski definition) is 2. The van der Waals surface area contributed by atoms with Crippen LogP contribution in [0.1, 0.15) is 43.7 Å². The molecule has 26 heavy (non-hydrogen) atoms. The number of carbonyl (C=O) groups is 2. The van der Waals surface area contributed by atoms with Gasteiger partial charge in [0.25, 0.3) is 5.91 Å². The van der Waals surface area contributed by atoms with E-state index < -0.39 is 0 Å². The summed E-state index contributed by atoms with van der Waals surface area (Å²) in [6.07, 6.45) is 10.1. The smallest absolute Gasteiger partial charge is 0.255 e. The molecule has 2 amide bonds. The van der Waals surface area contributed by atoms with Gasteiger partial charge in [-0.3, -0.25) is 9.59 Å². The van der Waals surface area contributed by atoms with E-state index in [2.05, 4.69) is 17.2 Å². The van der Waals surface area contributed by atoms with Crippen LogP contribution < -0.4 is 10.6 Å². The third-order valence-electron chi connectivity index (χ3n) is 4.94. The highest BCUT2D eigenvalue weighted by Crippen LogP contribution is 2.36. The summed E-state index contributed by atoms with van der Waals surface area (Å²) in [5.74, 6) is 0.620. The predicted octanol–water partition coefficient (Wildman–Crippen LogP) is 4.68. The Hall–Kier alpha value is -2.62. The lowest BCUT2D eigenvalue weighted by atomic mass is 9.98. The molecule has 1 aromatic rings. The van der Waals surface area contributed by atoms with Gasteiger partial charge in [0, 0.05) is 23.4 Å². The van der Waals surface area contributed by atoms with E-state index in [9.17, 15) is 9.59 Å². The van der Waals surface area contributed by atoms with Gasteiger partial charge in [0.1, 0.15) is 0 Å². The van der Waals surface area contributed by atoms with Crippen LogP contribution in [0.15, 0.2) is 48.1 Å². The molecule has 1 aliphatic heterocycles. The average molecular weight is 350 g/mol. The number of allylic oxidation sites excluding steroid dienone is 3. The summed E-state index contributed by atoms with van der Waals surface area (Å²) in [6, 6.07) is 3.87. The molecule has 0 aromatic heterocycles. The van der Waals surface area contributed by atoms with E-state index >= 15 is 0 Å². The van der Waals surface area contributed by atoms with Gasteiger partial charge in [-0.15, -0.1) is 0 Å². The van der Waals surface area contributed by atoms with Crippen molar-refractivity contribution in [2.45, 2.75) is 46.0 Å². The molecule has 0 radical (unpaired) electrons. The molecule has 0 atom stereocenters. The van der Waals surface area contributed by atoms with Crippen molar-refractivity contribution in [3.05, 3.63) is 59.2 Å². The van der Waals surface area contributed by atoms with E-state index in [0.717, 1.165) is 34.5 Å². The van der Waals surface area contributed by atoms with Crippen LogP contribution in [0.25, 0.3) is 0 Å². The van der Waals surface area contributed by atoms with Crippen LogP contribution in [0, 0.1) is 12.8 Å². The first-order chi connectivity index (χ1) is 12.5. The number of fused-ring (bicyclic) bond motifs is 1. The van der Waals surface area contributed by atoms with Crippen molar-refractivity contribution in [2.75, 3.05) is 10.6 Å². The summed E-state index contributed by atoms with van der Waals surface area (Å²) in [7, 11) is 0. The first-order valence-corrected chi connectivity index (χ1v) is 9.24. The summed E-state index contributed by atoms with van der Waals surface area (Å²) in [5.41, 5.74) is 5.36. The summed E-state index contributed by atoms with van der Waals surface area (Å²) in [6.45, 7) is 7.76. The number of rotatable bonds is 6. The predicted molar refractivity (Wildman–Crippen MR) is 106 cm³/mol. The van der Waals surface area contributed by atoms with Crippen LogP contribution in [0.5, 0.6) is 0 Å². The van der Waals surface area contributed by atoms with Crippen LogP contribution in [0.2, 0.25) is 0 Å². The lowest BCUT2D eigenvalue weighted by Gasteiger charge is -2.20. The fraction of sp³-hybridized carbons (Fsp3) is 0.364. The minimum Gasteiger partial charge on any atom is -0.326 e. The standard InChI is InChI=1S/C22H26N2O2/c1-4-6-19(16(5-2)12-15-7-8-15)22(26)23-18-11-14(3)21-17(13-18)9-10-20(25)24-21/h4-6,11,13,15H,2,7-10,12H2,1,3H3,(H,23,26)(H,24,25)/b6-4-,19-16-. The van der Waals surface area contributed by atoms with E-state index in [4.69, 9.17) is 0 Å². The third kappa shape index (κ3) is 4.13. The molecule has 1 heterocycles.